The molecule has 19 heavy (non-hydrogen) atoms. The van der Waals surface area contributed by atoms with Gasteiger partial charge in [0.2, 0.25) is 5.91 Å². The van der Waals surface area contributed by atoms with E-state index in [9.17, 15) is 4.79 Å². The maximum atomic E-state index is 12.1. The van der Waals surface area contributed by atoms with E-state index in [4.69, 9.17) is 0 Å². The number of nitrogens with zero attached hydrogens (tertiary/aromatic N) is 2. The lowest BCUT2D eigenvalue weighted by molar-refractivity contribution is -0.123. The Labute approximate surface area is 114 Å². The summed E-state index contributed by atoms with van der Waals surface area (Å²) in [6.45, 7) is 3.09. The number of hydrogen-bond donors (Lipinski definition) is 3. The van der Waals surface area contributed by atoms with Crippen molar-refractivity contribution in [2.75, 3.05) is 0 Å². The number of thiazole rings is 1. The molecule has 1 atom stereocenters. The van der Waals surface area contributed by atoms with Gasteiger partial charge in [0, 0.05) is 18.3 Å². The molecule has 7 heteroatoms. The molecule has 100 valence electrons. The third kappa shape index (κ3) is 2.66. The van der Waals surface area contributed by atoms with Gasteiger partial charge in [0.05, 0.1) is 41.0 Å². The zero-order valence-electron chi connectivity index (χ0n) is 10.6. The highest BCUT2D eigenvalue weighted by Gasteiger charge is 2.25. The van der Waals surface area contributed by atoms with E-state index in [1.54, 1.807) is 17.7 Å². The number of amides is 1. The van der Waals surface area contributed by atoms with Gasteiger partial charge in [-0.25, -0.2) is 9.97 Å². The first-order valence-electron chi connectivity index (χ1n) is 6.15. The van der Waals surface area contributed by atoms with Crippen LogP contribution in [0, 0.1) is 6.92 Å². The first-order valence-corrected chi connectivity index (χ1v) is 7.03. The molecule has 0 bridgehead atoms. The van der Waals surface area contributed by atoms with Crippen molar-refractivity contribution in [1.82, 2.24) is 25.6 Å². The molecule has 2 aromatic heterocycles. The second-order valence-corrected chi connectivity index (χ2v) is 5.60. The molecule has 1 aliphatic rings. The van der Waals surface area contributed by atoms with Crippen LogP contribution in [0.25, 0.3) is 0 Å². The van der Waals surface area contributed by atoms with E-state index in [1.165, 1.54) is 0 Å². The number of aromatic nitrogens is 3. The van der Waals surface area contributed by atoms with E-state index >= 15 is 0 Å². The molecule has 3 heterocycles. The molecule has 0 fully saturated rings. The molecule has 1 aliphatic heterocycles. The fourth-order valence-corrected chi connectivity index (χ4v) is 2.76. The van der Waals surface area contributed by atoms with Gasteiger partial charge in [-0.1, -0.05) is 0 Å². The number of rotatable bonds is 3. The second kappa shape index (κ2) is 5.10. The normalized spacial score (nSPS) is 18.1. The number of imidazole rings is 1. The van der Waals surface area contributed by atoms with Crippen molar-refractivity contribution < 1.29 is 4.79 Å². The van der Waals surface area contributed by atoms with Crippen molar-refractivity contribution in [3.8, 4) is 0 Å². The third-order valence-corrected chi connectivity index (χ3v) is 3.98. The number of H-pyrrole nitrogens is 1. The SMILES string of the molecule is Cc1nc(CNC(=O)C2Cc3nc[nH]c3CN2)cs1. The van der Waals surface area contributed by atoms with Crippen LogP contribution in [0.3, 0.4) is 0 Å². The molecule has 1 unspecified atom stereocenters. The molecular formula is C12H15N5OS. The maximum Gasteiger partial charge on any atom is 0.237 e. The minimum atomic E-state index is -0.212. The molecule has 0 spiro atoms. The molecule has 3 rings (SSSR count). The first-order chi connectivity index (χ1) is 9.22. The maximum absolute atomic E-state index is 12.1. The van der Waals surface area contributed by atoms with Crippen molar-refractivity contribution in [3.05, 3.63) is 33.8 Å². The summed E-state index contributed by atoms with van der Waals surface area (Å²) in [5.41, 5.74) is 2.95. The van der Waals surface area contributed by atoms with Crippen molar-refractivity contribution >= 4 is 17.2 Å². The molecule has 0 saturated carbocycles. The Morgan fingerprint density at radius 1 is 1.63 bits per heavy atom. The van der Waals surface area contributed by atoms with Crippen LogP contribution < -0.4 is 10.6 Å². The first kappa shape index (κ1) is 12.3. The quantitative estimate of drug-likeness (QED) is 0.763. The van der Waals surface area contributed by atoms with E-state index in [-0.39, 0.29) is 11.9 Å². The Bertz CT molecular complexity index is 590. The van der Waals surface area contributed by atoms with Gasteiger partial charge in [-0.05, 0) is 6.92 Å². The summed E-state index contributed by atoms with van der Waals surface area (Å²) in [5, 5.41) is 9.09. The molecule has 0 aliphatic carbocycles. The number of aryl methyl sites for hydroxylation is 1. The van der Waals surface area contributed by atoms with E-state index in [0.717, 1.165) is 22.1 Å². The smallest absolute Gasteiger partial charge is 0.237 e. The fourth-order valence-electron chi connectivity index (χ4n) is 2.14. The molecule has 0 radical (unpaired) electrons. The Balaban J connectivity index is 1.57. The van der Waals surface area contributed by atoms with Crippen LogP contribution in [0.5, 0.6) is 0 Å². The summed E-state index contributed by atoms with van der Waals surface area (Å²) >= 11 is 1.59. The Hall–Kier alpha value is -1.73. The van der Waals surface area contributed by atoms with Gasteiger partial charge >= 0.3 is 0 Å². The predicted molar refractivity (Wildman–Crippen MR) is 71.6 cm³/mol. The molecule has 0 aromatic carbocycles. The highest BCUT2D eigenvalue weighted by molar-refractivity contribution is 7.09. The monoisotopic (exact) mass is 277 g/mol. The molecular weight excluding hydrogens is 262 g/mol. The molecule has 2 aromatic rings. The lowest BCUT2D eigenvalue weighted by Gasteiger charge is -2.22. The highest BCUT2D eigenvalue weighted by Crippen LogP contribution is 2.12. The minimum Gasteiger partial charge on any atom is -0.349 e. The number of hydrogen-bond acceptors (Lipinski definition) is 5. The van der Waals surface area contributed by atoms with E-state index in [0.29, 0.717) is 19.5 Å². The van der Waals surface area contributed by atoms with Gasteiger partial charge < -0.3 is 10.3 Å². The van der Waals surface area contributed by atoms with Crippen LogP contribution in [0.1, 0.15) is 22.1 Å². The van der Waals surface area contributed by atoms with E-state index < -0.39 is 0 Å². The van der Waals surface area contributed by atoms with Crippen LogP contribution in [0.2, 0.25) is 0 Å². The summed E-state index contributed by atoms with van der Waals surface area (Å²) in [5.74, 6) is -0.000645. The van der Waals surface area contributed by atoms with Gasteiger partial charge in [-0.15, -0.1) is 11.3 Å². The van der Waals surface area contributed by atoms with Gasteiger partial charge in [0.25, 0.3) is 0 Å². The van der Waals surface area contributed by atoms with Crippen molar-refractivity contribution in [3.63, 3.8) is 0 Å². The van der Waals surface area contributed by atoms with Crippen LogP contribution in [0.15, 0.2) is 11.7 Å². The van der Waals surface area contributed by atoms with Gasteiger partial charge in [-0.3, -0.25) is 10.1 Å². The zero-order chi connectivity index (χ0) is 13.2. The summed E-state index contributed by atoms with van der Waals surface area (Å²) < 4.78 is 0. The lowest BCUT2D eigenvalue weighted by Crippen LogP contribution is -2.47. The van der Waals surface area contributed by atoms with Crippen molar-refractivity contribution in [1.29, 1.82) is 0 Å². The number of carbonyl (C=O) groups is 1. The number of nitrogens with one attached hydrogen (secondary N) is 3. The molecule has 3 N–H and O–H groups in total. The molecule has 0 saturated heterocycles. The van der Waals surface area contributed by atoms with Crippen LogP contribution in [-0.2, 0) is 24.3 Å². The number of fused-ring (bicyclic) bond motifs is 1. The van der Waals surface area contributed by atoms with E-state index in [1.807, 2.05) is 12.3 Å². The van der Waals surface area contributed by atoms with Gasteiger partial charge in [-0.2, -0.15) is 0 Å². The molecule has 1 amide bonds. The Morgan fingerprint density at radius 2 is 2.53 bits per heavy atom. The summed E-state index contributed by atoms with van der Waals surface area (Å²) in [7, 11) is 0. The van der Waals surface area contributed by atoms with Crippen LogP contribution in [-0.4, -0.2) is 26.9 Å². The second-order valence-electron chi connectivity index (χ2n) is 4.54. The molecule has 6 nitrogen and oxygen atoms in total. The lowest BCUT2D eigenvalue weighted by atomic mass is 10.0. The third-order valence-electron chi connectivity index (χ3n) is 3.16. The fraction of sp³-hybridized carbons (Fsp3) is 0.417. The van der Waals surface area contributed by atoms with Gasteiger partial charge in [0.1, 0.15) is 0 Å². The Morgan fingerprint density at radius 3 is 3.32 bits per heavy atom. The summed E-state index contributed by atoms with van der Waals surface area (Å²) in [4.78, 5) is 23.7. The zero-order valence-corrected chi connectivity index (χ0v) is 11.4. The van der Waals surface area contributed by atoms with Crippen molar-refractivity contribution in [2.45, 2.75) is 32.5 Å². The van der Waals surface area contributed by atoms with Crippen molar-refractivity contribution in [2.24, 2.45) is 0 Å². The number of aromatic amines is 1. The average molecular weight is 277 g/mol. The summed E-state index contributed by atoms with van der Waals surface area (Å²) in [6, 6.07) is -0.212. The Kier molecular flexibility index (Phi) is 3.31. The summed E-state index contributed by atoms with van der Waals surface area (Å²) in [6.07, 6.45) is 2.30. The minimum absolute atomic E-state index is 0.000645. The highest BCUT2D eigenvalue weighted by atomic mass is 32.1. The topological polar surface area (TPSA) is 82.7 Å². The standard InChI is InChI=1S/C12H15N5OS/c1-7-17-8(5-19-7)3-14-12(18)10-2-9-11(4-13-10)16-6-15-9/h5-6,10,13H,2-4H2,1H3,(H,14,18)(H,15,16). The predicted octanol–water partition coefficient (Wildman–Crippen LogP) is 0.505. The van der Waals surface area contributed by atoms with Gasteiger partial charge in [0.15, 0.2) is 0 Å². The van der Waals surface area contributed by atoms with Crippen LogP contribution in [0.4, 0.5) is 0 Å². The van der Waals surface area contributed by atoms with Crippen LogP contribution >= 0.6 is 11.3 Å². The average Bonchev–Trinajstić information content (AvgIpc) is 3.03. The largest absolute Gasteiger partial charge is 0.349 e. The van der Waals surface area contributed by atoms with E-state index in [2.05, 4.69) is 25.6 Å². The number of carbonyl (C=O) groups excluding carboxylic acids is 1.